The van der Waals surface area contributed by atoms with Gasteiger partial charge >= 0.3 is 6.03 Å². The predicted octanol–water partition coefficient (Wildman–Crippen LogP) is 4.34. The molecule has 1 N–H and O–H groups in total. The molecule has 1 aliphatic rings. The molecule has 2 aromatic carbocycles. The van der Waals surface area contributed by atoms with Crippen LogP contribution in [0.3, 0.4) is 0 Å². The topological polar surface area (TPSA) is 41.6 Å². The lowest BCUT2D eigenvalue weighted by atomic mass is 10.0. The molecule has 4 nitrogen and oxygen atoms in total. The number of carbonyl (C=O) groups excluding carboxylic acids is 1. The van der Waals surface area contributed by atoms with Crippen LogP contribution in [0.1, 0.15) is 24.4 Å². The van der Waals surface area contributed by atoms with Crippen LogP contribution in [0.25, 0.3) is 0 Å². The Morgan fingerprint density at radius 1 is 1.25 bits per heavy atom. The molecule has 126 valence electrons. The van der Waals surface area contributed by atoms with Gasteiger partial charge in [0.25, 0.3) is 0 Å². The Balaban J connectivity index is 1.78. The molecule has 1 heterocycles. The van der Waals surface area contributed by atoms with E-state index in [2.05, 4.69) is 5.32 Å². The van der Waals surface area contributed by atoms with Crippen LogP contribution < -0.4 is 10.1 Å². The molecule has 2 aromatic rings. The number of nitrogens with one attached hydrogen (secondary N) is 1. The number of nitrogens with zero attached hydrogens (tertiary/aromatic N) is 1. The van der Waals surface area contributed by atoms with Crippen LogP contribution in [0, 0.1) is 11.6 Å². The first kappa shape index (κ1) is 16.2. The summed E-state index contributed by atoms with van der Waals surface area (Å²) in [4.78, 5) is 14.2. The maximum Gasteiger partial charge on any atom is 0.322 e. The molecular formula is C18H18F2N2O2. The van der Waals surface area contributed by atoms with Crippen molar-refractivity contribution < 1.29 is 18.3 Å². The molecule has 1 aliphatic heterocycles. The van der Waals surface area contributed by atoms with E-state index in [1.54, 1.807) is 12.0 Å². The summed E-state index contributed by atoms with van der Waals surface area (Å²) in [6, 6.07) is 10.2. The van der Waals surface area contributed by atoms with Gasteiger partial charge in [-0.25, -0.2) is 13.6 Å². The highest BCUT2D eigenvalue weighted by atomic mass is 19.1. The number of likely N-dealkylation sites (tertiary alicyclic amines) is 1. The van der Waals surface area contributed by atoms with E-state index in [4.69, 9.17) is 4.74 Å². The Morgan fingerprint density at radius 3 is 2.83 bits per heavy atom. The molecule has 0 unspecified atom stereocenters. The van der Waals surface area contributed by atoms with Crippen LogP contribution in [0.15, 0.2) is 42.5 Å². The zero-order valence-corrected chi connectivity index (χ0v) is 13.3. The molecule has 24 heavy (non-hydrogen) atoms. The minimum absolute atomic E-state index is 0.0299. The lowest BCUT2D eigenvalue weighted by molar-refractivity contribution is 0.207. The fourth-order valence-corrected chi connectivity index (χ4v) is 2.98. The average molecular weight is 332 g/mol. The number of ether oxygens (including phenoxy) is 1. The van der Waals surface area contributed by atoms with Gasteiger partial charge in [-0.2, -0.15) is 0 Å². The summed E-state index contributed by atoms with van der Waals surface area (Å²) in [6.45, 7) is 0.580. The van der Waals surface area contributed by atoms with Gasteiger partial charge < -0.3 is 15.0 Å². The van der Waals surface area contributed by atoms with Gasteiger partial charge in [0.2, 0.25) is 0 Å². The van der Waals surface area contributed by atoms with Crippen molar-refractivity contribution in [1.82, 2.24) is 4.90 Å². The highest BCUT2D eigenvalue weighted by Gasteiger charge is 2.30. The monoisotopic (exact) mass is 332 g/mol. The van der Waals surface area contributed by atoms with E-state index >= 15 is 0 Å². The fourth-order valence-electron chi connectivity index (χ4n) is 2.98. The fraction of sp³-hybridized carbons (Fsp3) is 0.278. The first-order chi connectivity index (χ1) is 11.6. The molecule has 0 aromatic heterocycles. The summed E-state index contributed by atoms with van der Waals surface area (Å²) in [5.74, 6) is -0.745. The van der Waals surface area contributed by atoms with E-state index in [0.717, 1.165) is 36.3 Å². The van der Waals surface area contributed by atoms with Gasteiger partial charge in [0.05, 0.1) is 18.8 Å². The van der Waals surface area contributed by atoms with Crippen molar-refractivity contribution in [1.29, 1.82) is 0 Å². The number of hydrogen-bond acceptors (Lipinski definition) is 2. The SMILES string of the molecule is COc1cccc([C@@H]2CCCN2C(=O)Nc2ccc(F)cc2F)c1. The normalized spacial score (nSPS) is 17.0. The van der Waals surface area contributed by atoms with Crippen LogP contribution in [0.2, 0.25) is 0 Å². The molecule has 3 rings (SSSR count). The quantitative estimate of drug-likeness (QED) is 0.908. The predicted molar refractivity (Wildman–Crippen MR) is 87.1 cm³/mol. The Morgan fingerprint density at radius 2 is 2.08 bits per heavy atom. The molecule has 6 heteroatoms. The van der Waals surface area contributed by atoms with Gasteiger partial charge in [-0.3, -0.25) is 0 Å². The molecule has 0 aliphatic carbocycles. The van der Waals surface area contributed by atoms with Gasteiger partial charge in [0.15, 0.2) is 0 Å². The standard InChI is InChI=1S/C18H18F2N2O2/c1-24-14-5-2-4-12(10-14)17-6-3-9-22(17)18(23)21-16-8-7-13(19)11-15(16)20/h2,4-5,7-8,10-11,17H,3,6,9H2,1H3,(H,21,23)/t17-/m0/s1. The number of amides is 2. The van der Waals surface area contributed by atoms with Crippen LogP contribution in [0.5, 0.6) is 5.75 Å². The molecule has 1 fully saturated rings. The van der Waals surface area contributed by atoms with Crippen molar-refractivity contribution >= 4 is 11.7 Å². The van der Waals surface area contributed by atoms with Gasteiger partial charge in [-0.1, -0.05) is 12.1 Å². The zero-order valence-electron chi connectivity index (χ0n) is 13.3. The second-order valence-electron chi connectivity index (χ2n) is 5.68. The van der Waals surface area contributed by atoms with E-state index < -0.39 is 17.7 Å². The number of halogens is 2. The summed E-state index contributed by atoms with van der Waals surface area (Å²) in [6.07, 6.45) is 1.69. The van der Waals surface area contributed by atoms with E-state index in [9.17, 15) is 13.6 Å². The number of hydrogen-bond donors (Lipinski definition) is 1. The van der Waals surface area contributed by atoms with Crippen molar-refractivity contribution in [3.63, 3.8) is 0 Å². The van der Waals surface area contributed by atoms with Crippen molar-refractivity contribution in [2.45, 2.75) is 18.9 Å². The van der Waals surface area contributed by atoms with Crippen LogP contribution in [-0.4, -0.2) is 24.6 Å². The number of rotatable bonds is 3. The van der Waals surface area contributed by atoms with Gasteiger partial charge in [0, 0.05) is 12.6 Å². The Hall–Kier alpha value is -2.63. The number of urea groups is 1. The van der Waals surface area contributed by atoms with Crippen molar-refractivity contribution in [3.05, 3.63) is 59.7 Å². The average Bonchev–Trinajstić information content (AvgIpc) is 3.07. The van der Waals surface area contributed by atoms with E-state index in [1.165, 1.54) is 6.07 Å². The molecular weight excluding hydrogens is 314 g/mol. The third kappa shape index (κ3) is 3.32. The zero-order chi connectivity index (χ0) is 17.1. The smallest absolute Gasteiger partial charge is 0.322 e. The molecule has 0 bridgehead atoms. The van der Waals surface area contributed by atoms with Gasteiger partial charge in [-0.05, 0) is 42.7 Å². The summed E-state index contributed by atoms with van der Waals surface area (Å²) in [7, 11) is 1.59. The summed E-state index contributed by atoms with van der Waals surface area (Å²) < 4.78 is 31.9. The third-order valence-electron chi connectivity index (χ3n) is 4.16. The lowest BCUT2D eigenvalue weighted by Crippen LogP contribution is -2.34. The Labute approximate surface area is 139 Å². The van der Waals surface area contributed by atoms with Crippen LogP contribution >= 0.6 is 0 Å². The van der Waals surface area contributed by atoms with Gasteiger partial charge in [-0.15, -0.1) is 0 Å². The first-order valence-corrected chi connectivity index (χ1v) is 7.75. The van der Waals surface area contributed by atoms with Crippen LogP contribution in [0.4, 0.5) is 19.3 Å². The van der Waals surface area contributed by atoms with Crippen molar-refractivity contribution in [2.24, 2.45) is 0 Å². The number of methoxy groups -OCH3 is 1. The minimum atomic E-state index is -0.791. The third-order valence-corrected chi connectivity index (χ3v) is 4.16. The highest BCUT2D eigenvalue weighted by molar-refractivity contribution is 5.90. The molecule has 2 amide bonds. The van der Waals surface area contributed by atoms with E-state index in [0.29, 0.717) is 6.54 Å². The number of carbonyl (C=O) groups is 1. The summed E-state index contributed by atoms with van der Waals surface area (Å²) >= 11 is 0. The van der Waals surface area contributed by atoms with E-state index in [1.807, 2.05) is 24.3 Å². The number of anilines is 1. The number of benzene rings is 2. The molecule has 1 atom stereocenters. The second-order valence-corrected chi connectivity index (χ2v) is 5.68. The van der Waals surface area contributed by atoms with Crippen molar-refractivity contribution in [3.8, 4) is 5.75 Å². The van der Waals surface area contributed by atoms with E-state index in [-0.39, 0.29) is 11.7 Å². The maximum absolute atomic E-state index is 13.7. The highest BCUT2D eigenvalue weighted by Crippen LogP contribution is 2.34. The Bertz CT molecular complexity index is 752. The van der Waals surface area contributed by atoms with Crippen molar-refractivity contribution in [2.75, 3.05) is 19.0 Å². The largest absolute Gasteiger partial charge is 0.497 e. The molecule has 1 saturated heterocycles. The molecule has 0 radical (unpaired) electrons. The summed E-state index contributed by atoms with van der Waals surface area (Å²) in [5.41, 5.74) is 0.944. The van der Waals surface area contributed by atoms with Gasteiger partial charge in [0.1, 0.15) is 17.4 Å². The lowest BCUT2D eigenvalue weighted by Gasteiger charge is -2.25. The second kappa shape index (κ2) is 6.86. The van der Waals surface area contributed by atoms with Crippen LogP contribution in [-0.2, 0) is 0 Å². The maximum atomic E-state index is 13.7. The first-order valence-electron chi connectivity index (χ1n) is 7.75. The Kier molecular flexibility index (Phi) is 4.64. The minimum Gasteiger partial charge on any atom is -0.497 e. The molecule has 0 saturated carbocycles. The summed E-state index contributed by atoms with van der Waals surface area (Å²) in [5, 5.41) is 2.52. The molecule has 0 spiro atoms.